The standard InChI is InChI=1S/C14H30N4O/c1-12(2)17(3)8-4-7-16-14(19)11-18-9-5-13(15)6-10-18/h12-13H,4-11,15H2,1-3H3,(H,16,19). The van der Waals surface area contributed by atoms with Crippen LogP contribution in [0.3, 0.4) is 0 Å². The van der Waals surface area contributed by atoms with E-state index in [0.29, 0.717) is 18.6 Å². The zero-order chi connectivity index (χ0) is 14.3. The second-order valence-corrected chi connectivity index (χ2v) is 5.89. The number of rotatable bonds is 7. The Morgan fingerprint density at radius 3 is 2.63 bits per heavy atom. The molecule has 1 saturated heterocycles. The number of piperidine rings is 1. The molecule has 0 aromatic rings. The van der Waals surface area contributed by atoms with Crippen molar-refractivity contribution in [2.75, 3.05) is 39.8 Å². The minimum absolute atomic E-state index is 0.141. The van der Waals surface area contributed by atoms with Crippen LogP contribution in [0.4, 0.5) is 0 Å². The lowest BCUT2D eigenvalue weighted by atomic mass is 10.1. The third-order valence-electron chi connectivity index (χ3n) is 3.89. The minimum Gasteiger partial charge on any atom is -0.355 e. The van der Waals surface area contributed by atoms with E-state index in [1.807, 2.05) is 0 Å². The molecule has 1 amide bonds. The third kappa shape index (κ3) is 6.89. The summed E-state index contributed by atoms with van der Waals surface area (Å²) in [7, 11) is 2.11. The van der Waals surface area contributed by atoms with E-state index in [2.05, 4.69) is 36.0 Å². The number of carbonyl (C=O) groups excluding carboxylic acids is 1. The van der Waals surface area contributed by atoms with Crippen LogP contribution < -0.4 is 11.1 Å². The van der Waals surface area contributed by atoms with Gasteiger partial charge >= 0.3 is 0 Å². The van der Waals surface area contributed by atoms with Crippen molar-refractivity contribution in [1.29, 1.82) is 0 Å². The summed E-state index contributed by atoms with van der Waals surface area (Å²) in [6, 6.07) is 0.888. The molecule has 1 heterocycles. The summed E-state index contributed by atoms with van der Waals surface area (Å²) in [6.07, 6.45) is 3.02. The molecule has 19 heavy (non-hydrogen) atoms. The molecule has 1 aliphatic heterocycles. The lowest BCUT2D eigenvalue weighted by molar-refractivity contribution is -0.122. The minimum atomic E-state index is 0.141. The average molecular weight is 270 g/mol. The van der Waals surface area contributed by atoms with Gasteiger partial charge in [-0.2, -0.15) is 0 Å². The maximum Gasteiger partial charge on any atom is 0.234 e. The molecule has 0 aromatic carbocycles. The first-order chi connectivity index (χ1) is 8.99. The highest BCUT2D eigenvalue weighted by atomic mass is 16.2. The van der Waals surface area contributed by atoms with Crippen LogP contribution in [0.25, 0.3) is 0 Å². The number of nitrogens with zero attached hydrogens (tertiary/aromatic N) is 2. The smallest absolute Gasteiger partial charge is 0.234 e. The number of likely N-dealkylation sites (tertiary alicyclic amines) is 1. The van der Waals surface area contributed by atoms with Crippen molar-refractivity contribution in [3.05, 3.63) is 0 Å². The van der Waals surface area contributed by atoms with Crippen LogP contribution in [-0.4, -0.2) is 67.6 Å². The molecular weight excluding hydrogens is 240 g/mol. The van der Waals surface area contributed by atoms with Crippen molar-refractivity contribution < 1.29 is 4.79 Å². The molecule has 112 valence electrons. The van der Waals surface area contributed by atoms with Crippen LogP contribution in [0.2, 0.25) is 0 Å². The average Bonchev–Trinajstić information content (AvgIpc) is 2.37. The van der Waals surface area contributed by atoms with E-state index in [4.69, 9.17) is 5.73 Å². The van der Waals surface area contributed by atoms with Gasteiger partial charge < -0.3 is 16.0 Å². The van der Waals surface area contributed by atoms with Crippen LogP contribution in [0, 0.1) is 0 Å². The number of amides is 1. The molecule has 5 heteroatoms. The summed E-state index contributed by atoms with van der Waals surface area (Å²) < 4.78 is 0. The second kappa shape index (κ2) is 8.51. The fraction of sp³-hybridized carbons (Fsp3) is 0.929. The van der Waals surface area contributed by atoms with Crippen LogP contribution >= 0.6 is 0 Å². The zero-order valence-electron chi connectivity index (χ0n) is 12.7. The summed E-state index contributed by atoms with van der Waals surface area (Å²) in [5.41, 5.74) is 5.85. The Morgan fingerprint density at radius 1 is 1.42 bits per heavy atom. The molecule has 5 nitrogen and oxygen atoms in total. The Kier molecular flexibility index (Phi) is 7.34. The summed E-state index contributed by atoms with van der Waals surface area (Å²) >= 11 is 0. The molecule has 1 rings (SSSR count). The quantitative estimate of drug-likeness (QED) is 0.651. The van der Waals surface area contributed by atoms with E-state index >= 15 is 0 Å². The Bertz CT molecular complexity index is 262. The van der Waals surface area contributed by atoms with Gasteiger partial charge in [-0.25, -0.2) is 0 Å². The number of nitrogens with two attached hydrogens (primary N) is 1. The van der Waals surface area contributed by atoms with E-state index in [0.717, 1.165) is 45.4 Å². The fourth-order valence-corrected chi connectivity index (χ4v) is 2.18. The zero-order valence-corrected chi connectivity index (χ0v) is 12.7. The topological polar surface area (TPSA) is 61.6 Å². The number of carbonyl (C=O) groups is 1. The van der Waals surface area contributed by atoms with Crippen molar-refractivity contribution in [2.24, 2.45) is 5.73 Å². The highest BCUT2D eigenvalue weighted by Crippen LogP contribution is 2.07. The van der Waals surface area contributed by atoms with Crippen LogP contribution in [0.1, 0.15) is 33.1 Å². The van der Waals surface area contributed by atoms with Crippen molar-refractivity contribution in [3.8, 4) is 0 Å². The Hall–Kier alpha value is -0.650. The fourth-order valence-electron chi connectivity index (χ4n) is 2.18. The summed E-state index contributed by atoms with van der Waals surface area (Å²) in [4.78, 5) is 16.3. The second-order valence-electron chi connectivity index (χ2n) is 5.89. The van der Waals surface area contributed by atoms with Gasteiger partial charge in [-0.3, -0.25) is 9.69 Å². The monoisotopic (exact) mass is 270 g/mol. The van der Waals surface area contributed by atoms with Gasteiger partial charge in [-0.05, 0) is 46.7 Å². The Labute approximate surface area is 117 Å². The van der Waals surface area contributed by atoms with E-state index in [1.54, 1.807) is 0 Å². The van der Waals surface area contributed by atoms with Crippen molar-refractivity contribution in [1.82, 2.24) is 15.1 Å². The number of hydrogen-bond donors (Lipinski definition) is 2. The summed E-state index contributed by atoms with van der Waals surface area (Å²) in [5, 5.41) is 3.00. The van der Waals surface area contributed by atoms with Gasteiger partial charge in [0.2, 0.25) is 5.91 Å². The molecule has 1 fully saturated rings. The molecule has 0 atom stereocenters. The Balaban J connectivity index is 2.05. The first-order valence-electron chi connectivity index (χ1n) is 7.44. The van der Waals surface area contributed by atoms with E-state index in [-0.39, 0.29) is 5.91 Å². The predicted molar refractivity (Wildman–Crippen MR) is 79.0 cm³/mol. The van der Waals surface area contributed by atoms with E-state index < -0.39 is 0 Å². The van der Waals surface area contributed by atoms with Crippen molar-refractivity contribution in [2.45, 2.75) is 45.2 Å². The molecular formula is C14H30N4O. The summed E-state index contributed by atoms with van der Waals surface area (Å²) in [5.74, 6) is 0.141. The van der Waals surface area contributed by atoms with Crippen LogP contribution in [0.5, 0.6) is 0 Å². The van der Waals surface area contributed by atoms with Gasteiger partial charge in [0.15, 0.2) is 0 Å². The first kappa shape index (κ1) is 16.4. The van der Waals surface area contributed by atoms with Gasteiger partial charge in [0, 0.05) is 31.7 Å². The molecule has 0 aromatic heterocycles. The molecule has 3 N–H and O–H groups in total. The van der Waals surface area contributed by atoms with Gasteiger partial charge in [0.1, 0.15) is 0 Å². The maximum absolute atomic E-state index is 11.8. The predicted octanol–water partition coefficient (Wildman–Crippen LogP) is 0.256. The van der Waals surface area contributed by atoms with Crippen LogP contribution in [0.15, 0.2) is 0 Å². The molecule has 0 bridgehead atoms. The lowest BCUT2D eigenvalue weighted by Gasteiger charge is -2.29. The van der Waals surface area contributed by atoms with Gasteiger partial charge in [0.05, 0.1) is 6.54 Å². The van der Waals surface area contributed by atoms with Gasteiger partial charge in [-0.15, -0.1) is 0 Å². The van der Waals surface area contributed by atoms with Gasteiger partial charge in [0.25, 0.3) is 0 Å². The summed E-state index contributed by atoms with van der Waals surface area (Å²) in [6.45, 7) is 8.57. The highest BCUT2D eigenvalue weighted by Gasteiger charge is 2.17. The van der Waals surface area contributed by atoms with Crippen molar-refractivity contribution >= 4 is 5.91 Å². The van der Waals surface area contributed by atoms with Crippen LogP contribution in [-0.2, 0) is 4.79 Å². The first-order valence-corrected chi connectivity index (χ1v) is 7.44. The maximum atomic E-state index is 11.8. The SMILES string of the molecule is CC(C)N(C)CCCNC(=O)CN1CCC(N)CC1. The molecule has 0 spiro atoms. The molecule has 0 aliphatic carbocycles. The lowest BCUT2D eigenvalue weighted by Crippen LogP contribution is -2.44. The molecule has 0 unspecified atom stereocenters. The normalized spacial score (nSPS) is 18.2. The molecule has 0 saturated carbocycles. The van der Waals surface area contributed by atoms with E-state index in [9.17, 15) is 4.79 Å². The third-order valence-corrected chi connectivity index (χ3v) is 3.89. The van der Waals surface area contributed by atoms with Gasteiger partial charge in [-0.1, -0.05) is 0 Å². The largest absolute Gasteiger partial charge is 0.355 e. The highest BCUT2D eigenvalue weighted by molar-refractivity contribution is 5.77. The molecule has 1 aliphatic rings. The molecule has 0 radical (unpaired) electrons. The van der Waals surface area contributed by atoms with Crippen molar-refractivity contribution in [3.63, 3.8) is 0 Å². The number of nitrogens with one attached hydrogen (secondary N) is 1. The van der Waals surface area contributed by atoms with E-state index in [1.165, 1.54) is 0 Å². The Morgan fingerprint density at radius 2 is 2.05 bits per heavy atom. The number of hydrogen-bond acceptors (Lipinski definition) is 4.